The Bertz CT molecular complexity index is 856. The molecule has 0 radical (unpaired) electrons. The van der Waals surface area contributed by atoms with Gasteiger partial charge in [-0.15, -0.1) is 0 Å². The summed E-state index contributed by atoms with van der Waals surface area (Å²) in [5, 5.41) is 29.0. The van der Waals surface area contributed by atoms with Crippen molar-refractivity contribution in [3.8, 4) is 0 Å². The number of carboxylic acids is 1. The molecule has 1 aliphatic heterocycles. The van der Waals surface area contributed by atoms with Gasteiger partial charge in [-0.05, 0) is 6.42 Å². The van der Waals surface area contributed by atoms with Crippen molar-refractivity contribution >= 4 is 28.7 Å². The van der Waals surface area contributed by atoms with Crippen LogP contribution in [0.25, 0.3) is 11.2 Å². The Balaban J connectivity index is 1.86. The average molecular weight is 380 g/mol. The molecule has 27 heavy (non-hydrogen) atoms. The first-order valence-corrected chi connectivity index (χ1v) is 8.23. The number of carbonyl (C=O) groups excluding carboxylic acids is 1. The molecule has 0 aliphatic carbocycles. The largest absolute Gasteiger partial charge is 0.481 e. The summed E-state index contributed by atoms with van der Waals surface area (Å²) in [7, 11) is 0. The fourth-order valence-electron chi connectivity index (χ4n) is 3.20. The molecule has 0 aromatic carbocycles. The van der Waals surface area contributed by atoms with Crippen molar-refractivity contribution in [1.82, 2.24) is 19.5 Å². The van der Waals surface area contributed by atoms with Crippen molar-refractivity contribution in [3.05, 3.63) is 12.7 Å². The molecule has 0 amide bonds. The number of anilines is 1. The van der Waals surface area contributed by atoms with Crippen molar-refractivity contribution in [2.75, 3.05) is 12.3 Å². The van der Waals surface area contributed by atoms with Crippen LogP contribution >= 0.6 is 0 Å². The Labute approximate surface area is 152 Å². The highest BCUT2D eigenvalue weighted by Gasteiger charge is 2.49. The average Bonchev–Trinajstić information content (AvgIpc) is 3.20. The molecule has 3 rings (SSSR count). The summed E-state index contributed by atoms with van der Waals surface area (Å²) in [5.41, 5.74) is 12.1. The highest BCUT2D eigenvalue weighted by Crippen LogP contribution is 2.36. The van der Waals surface area contributed by atoms with Crippen LogP contribution in [0.3, 0.4) is 0 Å². The number of fused-ring (bicyclic) bond motifs is 1. The van der Waals surface area contributed by atoms with Crippen LogP contribution in [0.1, 0.15) is 19.1 Å². The zero-order valence-electron chi connectivity index (χ0n) is 14.2. The van der Waals surface area contributed by atoms with Gasteiger partial charge in [0.2, 0.25) is 0 Å². The molecular weight excluding hydrogens is 360 g/mol. The second-order valence-corrected chi connectivity index (χ2v) is 6.29. The topological polar surface area (TPSA) is 200 Å². The number of hydrogen-bond donors (Lipinski definition) is 5. The number of Topliss-reactive ketones (excluding diaryl/α,β-unsaturated/α-hetero) is 1. The van der Waals surface area contributed by atoms with E-state index in [2.05, 4.69) is 15.0 Å². The second-order valence-electron chi connectivity index (χ2n) is 6.29. The van der Waals surface area contributed by atoms with Gasteiger partial charge in [-0.25, -0.2) is 15.0 Å². The van der Waals surface area contributed by atoms with Gasteiger partial charge in [0.05, 0.1) is 31.0 Å². The number of nitrogen functional groups attached to an aromatic ring is 1. The smallest absolute Gasteiger partial charge is 0.303 e. The quantitative estimate of drug-likeness (QED) is 0.357. The van der Waals surface area contributed by atoms with E-state index >= 15 is 0 Å². The van der Waals surface area contributed by atoms with Crippen LogP contribution in [0.2, 0.25) is 0 Å². The normalized spacial score (nSPS) is 26.3. The van der Waals surface area contributed by atoms with Gasteiger partial charge in [-0.1, -0.05) is 0 Å². The minimum Gasteiger partial charge on any atom is -0.481 e. The molecule has 0 spiro atoms. The van der Waals surface area contributed by atoms with E-state index in [9.17, 15) is 19.8 Å². The van der Waals surface area contributed by atoms with Crippen molar-refractivity contribution in [3.63, 3.8) is 0 Å². The number of ether oxygens (including phenoxy) is 1. The van der Waals surface area contributed by atoms with Crippen LogP contribution in [-0.4, -0.2) is 71.4 Å². The number of carbonyl (C=O) groups is 2. The number of rotatable bonds is 7. The van der Waals surface area contributed by atoms with E-state index in [-0.39, 0.29) is 18.7 Å². The Morgan fingerprint density at radius 3 is 2.74 bits per heavy atom. The molecule has 0 unspecified atom stereocenters. The molecule has 7 N–H and O–H groups in total. The summed E-state index contributed by atoms with van der Waals surface area (Å²) in [6.45, 7) is -0.528. The van der Waals surface area contributed by atoms with Gasteiger partial charge in [-0.2, -0.15) is 0 Å². The maximum absolute atomic E-state index is 12.6. The van der Waals surface area contributed by atoms with Crippen LogP contribution in [0.5, 0.6) is 0 Å². The van der Waals surface area contributed by atoms with E-state index in [0.717, 1.165) is 0 Å². The monoisotopic (exact) mass is 380 g/mol. The van der Waals surface area contributed by atoms with E-state index in [4.69, 9.17) is 21.3 Å². The maximum Gasteiger partial charge on any atom is 0.303 e. The number of aliphatic hydroxyl groups is 2. The fraction of sp³-hybridized carbons (Fsp3) is 0.533. The lowest BCUT2D eigenvalue weighted by molar-refractivity contribution is -0.137. The molecule has 1 fully saturated rings. The van der Waals surface area contributed by atoms with Gasteiger partial charge in [0.15, 0.2) is 23.5 Å². The fourth-order valence-corrected chi connectivity index (χ4v) is 3.20. The first-order valence-electron chi connectivity index (χ1n) is 8.23. The highest BCUT2D eigenvalue weighted by molar-refractivity contribution is 5.88. The Hall–Kier alpha value is -2.67. The lowest BCUT2D eigenvalue weighted by Gasteiger charge is -2.21. The van der Waals surface area contributed by atoms with Crippen LogP contribution in [-0.2, 0) is 14.3 Å². The number of hydrogen-bond acceptors (Lipinski definition) is 10. The van der Waals surface area contributed by atoms with E-state index in [1.54, 1.807) is 0 Å². The first-order chi connectivity index (χ1) is 12.8. The third kappa shape index (κ3) is 3.47. The lowest BCUT2D eigenvalue weighted by atomic mass is 9.88. The number of nitrogens with zero attached hydrogens (tertiary/aromatic N) is 4. The van der Waals surface area contributed by atoms with E-state index in [0.29, 0.717) is 11.2 Å². The summed E-state index contributed by atoms with van der Waals surface area (Å²) in [4.78, 5) is 35.3. The Kier molecular flexibility index (Phi) is 5.32. The molecule has 12 heteroatoms. The zero-order chi connectivity index (χ0) is 19.7. The Morgan fingerprint density at radius 2 is 2.07 bits per heavy atom. The SMILES string of the molecule is Nc1ncnc2c1ncn2[C@@H]1O[C@H](CO)[C@@H](C(=O)[C@@H](N)CCC(=O)O)[C@H]1O. The Morgan fingerprint density at radius 1 is 1.33 bits per heavy atom. The van der Waals surface area contributed by atoms with Crippen molar-refractivity contribution in [1.29, 1.82) is 0 Å². The predicted octanol–water partition coefficient (Wildman–Crippen LogP) is -1.96. The summed E-state index contributed by atoms with van der Waals surface area (Å²) in [5.74, 6) is -2.64. The van der Waals surface area contributed by atoms with E-state index in [1.807, 2.05) is 0 Å². The van der Waals surface area contributed by atoms with Crippen LogP contribution in [0, 0.1) is 5.92 Å². The molecule has 2 aromatic heterocycles. The summed E-state index contributed by atoms with van der Waals surface area (Å²) >= 11 is 0. The summed E-state index contributed by atoms with van der Waals surface area (Å²) in [6, 6.07) is -1.10. The molecule has 3 heterocycles. The standard InChI is InChI=1S/C15H20N6O6/c16-6(1-2-8(23)24)11(25)9-7(3-22)27-15(12(9)26)21-5-20-10-13(17)18-4-19-14(10)21/h4-7,9,12,15,22,26H,1-3,16H2,(H,23,24)(H2,17,18,19)/t6-,7+,9-,12+,15+/m0/s1. The predicted molar refractivity (Wildman–Crippen MR) is 90.1 cm³/mol. The summed E-state index contributed by atoms with van der Waals surface area (Å²) < 4.78 is 7.05. The highest BCUT2D eigenvalue weighted by atomic mass is 16.5. The molecule has 0 saturated carbocycles. The molecule has 12 nitrogen and oxygen atoms in total. The molecule has 5 atom stereocenters. The maximum atomic E-state index is 12.6. The minimum atomic E-state index is -1.35. The third-order valence-electron chi connectivity index (χ3n) is 4.58. The molecule has 146 valence electrons. The van der Waals surface area contributed by atoms with Crippen LogP contribution < -0.4 is 11.5 Å². The number of carboxylic acid groups (broad SMARTS) is 1. The number of ketones is 1. The van der Waals surface area contributed by atoms with Gasteiger partial charge in [0, 0.05) is 6.42 Å². The van der Waals surface area contributed by atoms with Gasteiger partial charge >= 0.3 is 5.97 Å². The number of aromatic nitrogens is 4. The van der Waals surface area contributed by atoms with Crippen molar-refractivity contribution < 1.29 is 29.6 Å². The van der Waals surface area contributed by atoms with Crippen molar-refractivity contribution in [2.24, 2.45) is 11.7 Å². The van der Waals surface area contributed by atoms with E-state index in [1.165, 1.54) is 17.2 Å². The molecule has 0 bridgehead atoms. The molecule has 2 aromatic rings. The number of aliphatic hydroxyl groups excluding tert-OH is 2. The zero-order valence-corrected chi connectivity index (χ0v) is 14.2. The van der Waals surface area contributed by atoms with Gasteiger partial charge in [0.1, 0.15) is 17.9 Å². The van der Waals surface area contributed by atoms with Crippen molar-refractivity contribution in [2.45, 2.75) is 37.3 Å². The molecule has 1 aliphatic rings. The lowest BCUT2D eigenvalue weighted by Crippen LogP contribution is -2.44. The first kappa shape index (κ1) is 19.1. The number of nitrogens with two attached hydrogens (primary N) is 2. The number of imidazole rings is 1. The summed E-state index contributed by atoms with van der Waals surface area (Å²) in [6.07, 6.45) is -1.21. The number of aliphatic carboxylic acids is 1. The van der Waals surface area contributed by atoms with Gasteiger partial charge in [0.25, 0.3) is 0 Å². The second kappa shape index (κ2) is 7.52. The minimum absolute atomic E-state index is 0.0854. The van der Waals surface area contributed by atoms with Gasteiger partial charge < -0.3 is 31.5 Å². The molecular formula is C15H20N6O6. The van der Waals surface area contributed by atoms with E-state index < -0.39 is 48.8 Å². The van der Waals surface area contributed by atoms with Crippen LogP contribution in [0.15, 0.2) is 12.7 Å². The third-order valence-corrected chi connectivity index (χ3v) is 4.58. The van der Waals surface area contributed by atoms with Gasteiger partial charge in [-0.3, -0.25) is 14.2 Å². The van der Waals surface area contributed by atoms with Crippen LogP contribution in [0.4, 0.5) is 5.82 Å². The molecule has 1 saturated heterocycles.